The molecule has 1 aliphatic heterocycles. The maximum Gasteiger partial charge on any atom is 0.191 e. The maximum atomic E-state index is 6.11. The normalized spacial score (nSPS) is 18.1. The van der Waals surface area contributed by atoms with Gasteiger partial charge >= 0.3 is 0 Å². The van der Waals surface area contributed by atoms with Crippen molar-refractivity contribution in [3.05, 3.63) is 16.1 Å². The second-order valence-electron chi connectivity index (χ2n) is 6.47. The summed E-state index contributed by atoms with van der Waals surface area (Å²) in [6.07, 6.45) is 5.07. The van der Waals surface area contributed by atoms with Crippen LogP contribution in [0.2, 0.25) is 0 Å². The fraction of sp³-hybridized carbons (Fsp3) is 0.733. The first-order valence-electron chi connectivity index (χ1n) is 7.46. The van der Waals surface area contributed by atoms with Crippen molar-refractivity contribution in [1.29, 1.82) is 0 Å². The van der Waals surface area contributed by atoms with Gasteiger partial charge in [-0.2, -0.15) is 0 Å². The Morgan fingerprint density at radius 2 is 1.95 bits per heavy atom. The highest BCUT2D eigenvalue weighted by atomic mass is 32.1. The molecule has 1 aliphatic rings. The summed E-state index contributed by atoms with van der Waals surface area (Å²) in [5.41, 5.74) is 7.25. The molecule has 0 spiro atoms. The lowest BCUT2D eigenvalue weighted by Gasteiger charge is -2.20. The lowest BCUT2D eigenvalue weighted by molar-refractivity contribution is 0.428. The van der Waals surface area contributed by atoms with Crippen LogP contribution in [0.5, 0.6) is 0 Å². The summed E-state index contributed by atoms with van der Waals surface area (Å²) in [6, 6.07) is 0. The fourth-order valence-corrected chi connectivity index (χ4v) is 3.18. The number of hydrogen-bond acceptors (Lipinski definition) is 3. The summed E-state index contributed by atoms with van der Waals surface area (Å²) in [5, 5.41) is 3.26. The van der Waals surface area contributed by atoms with E-state index in [1.807, 2.05) is 0 Å². The molecule has 0 aromatic carbocycles. The Bertz CT molecular complexity index is 451. The summed E-state index contributed by atoms with van der Waals surface area (Å²) in [4.78, 5) is 11.4. The van der Waals surface area contributed by atoms with Crippen LogP contribution in [-0.2, 0) is 12.0 Å². The predicted octanol–water partition coefficient (Wildman–Crippen LogP) is 3.13. The van der Waals surface area contributed by atoms with Crippen LogP contribution in [0.25, 0.3) is 0 Å². The van der Waals surface area contributed by atoms with Crippen molar-refractivity contribution in [2.24, 2.45) is 10.7 Å². The van der Waals surface area contributed by atoms with E-state index in [2.05, 4.69) is 41.0 Å². The molecule has 4 nitrogen and oxygen atoms in total. The molecule has 2 rings (SSSR count). The number of guanidine groups is 1. The van der Waals surface area contributed by atoms with Crippen molar-refractivity contribution in [2.45, 2.75) is 58.4 Å². The minimum atomic E-state index is 0.114. The number of thiazole rings is 1. The molecular formula is C15H26N4S. The topological polar surface area (TPSA) is 54.5 Å². The SMILES string of the molecule is CC(C)(C)c1nc(CN=C(N)N2CCCCCC2)cs1. The molecule has 1 saturated heterocycles. The van der Waals surface area contributed by atoms with E-state index in [-0.39, 0.29) is 5.41 Å². The Balaban J connectivity index is 1.95. The monoisotopic (exact) mass is 294 g/mol. The number of rotatable bonds is 2. The van der Waals surface area contributed by atoms with Crippen LogP contribution in [0.4, 0.5) is 0 Å². The van der Waals surface area contributed by atoms with Crippen LogP contribution in [0, 0.1) is 0 Å². The van der Waals surface area contributed by atoms with E-state index >= 15 is 0 Å². The second kappa shape index (κ2) is 6.57. The van der Waals surface area contributed by atoms with Gasteiger partial charge in [0, 0.05) is 23.9 Å². The standard InChI is InChI=1S/C15H26N4S/c1-15(2,3)13-18-12(11-20-13)10-17-14(16)19-8-6-4-5-7-9-19/h11H,4-10H2,1-3H3,(H2,16,17). The maximum absolute atomic E-state index is 6.11. The molecule has 112 valence electrons. The summed E-state index contributed by atoms with van der Waals surface area (Å²) in [5.74, 6) is 0.678. The van der Waals surface area contributed by atoms with Gasteiger partial charge in [0.1, 0.15) is 0 Å². The van der Waals surface area contributed by atoms with Gasteiger partial charge < -0.3 is 10.6 Å². The number of aromatic nitrogens is 1. The van der Waals surface area contributed by atoms with Gasteiger partial charge in [-0.1, -0.05) is 33.6 Å². The van der Waals surface area contributed by atoms with Gasteiger partial charge in [0.05, 0.1) is 17.2 Å². The van der Waals surface area contributed by atoms with Crippen molar-refractivity contribution < 1.29 is 0 Å². The van der Waals surface area contributed by atoms with Gasteiger partial charge in [0.15, 0.2) is 5.96 Å². The van der Waals surface area contributed by atoms with Crippen molar-refractivity contribution in [1.82, 2.24) is 9.88 Å². The third kappa shape index (κ3) is 4.20. The van der Waals surface area contributed by atoms with Crippen molar-refractivity contribution in [2.75, 3.05) is 13.1 Å². The molecule has 0 aliphatic carbocycles. The third-order valence-corrected chi connectivity index (χ3v) is 4.84. The zero-order valence-electron chi connectivity index (χ0n) is 12.9. The molecule has 2 heterocycles. The summed E-state index contributed by atoms with van der Waals surface area (Å²) < 4.78 is 0. The molecule has 2 N–H and O–H groups in total. The van der Waals surface area contributed by atoms with Gasteiger partial charge in [0.25, 0.3) is 0 Å². The van der Waals surface area contributed by atoms with E-state index in [0.717, 1.165) is 23.8 Å². The van der Waals surface area contributed by atoms with E-state index in [9.17, 15) is 0 Å². The first-order valence-corrected chi connectivity index (χ1v) is 8.34. The summed E-state index contributed by atoms with van der Waals surface area (Å²) >= 11 is 1.71. The van der Waals surface area contributed by atoms with E-state index < -0.39 is 0 Å². The molecule has 1 fully saturated rings. The molecule has 0 bridgehead atoms. The largest absolute Gasteiger partial charge is 0.370 e. The van der Waals surface area contributed by atoms with Crippen LogP contribution in [0.15, 0.2) is 10.4 Å². The minimum Gasteiger partial charge on any atom is -0.370 e. The van der Waals surface area contributed by atoms with Crippen molar-refractivity contribution >= 4 is 17.3 Å². The zero-order valence-corrected chi connectivity index (χ0v) is 13.7. The minimum absolute atomic E-state index is 0.114. The Morgan fingerprint density at radius 3 is 2.50 bits per heavy atom. The number of aliphatic imine (C=N–C) groups is 1. The van der Waals surface area contributed by atoms with Crippen LogP contribution in [0.1, 0.15) is 57.2 Å². The Labute approximate surface area is 126 Å². The average molecular weight is 294 g/mol. The van der Waals surface area contributed by atoms with Crippen LogP contribution < -0.4 is 5.73 Å². The highest BCUT2D eigenvalue weighted by molar-refractivity contribution is 7.09. The second-order valence-corrected chi connectivity index (χ2v) is 7.33. The van der Waals surface area contributed by atoms with Gasteiger partial charge in [-0.15, -0.1) is 11.3 Å². The van der Waals surface area contributed by atoms with E-state index in [1.54, 1.807) is 11.3 Å². The van der Waals surface area contributed by atoms with Crippen LogP contribution in [0.3, 0.4) is 0 Å². The Hall–Kier alpha value is -1.10. The number of hydrogen-bond donors (Lipinski definition) is 1. The molecule has 0 amide bonds. The molecule has 20 heavy (non-hydrogen) atoms. The fourth-order valence-electron chi connectivity index (χ4n) is 2.29. The molecule has 0 unspecified atom stereocenters. The van der Waals surface area contributed by atoms with Crippen molar-refractivity contribution in [3.63, 3.8) is 0 Å². The van der Waals surface area contributed by atoms with E-state index in [0.29, 0.717) is 12.5 Å². The lowest BCUT2D eigenvalue weighted by Crippen LogP contribution is -2.38. The van der Waals surface area contributed by atoms with Crippen LogP contribution >= 0.6 is 11.3 Å². The van der Waals surface area contributed by atoms with E-state index in [4.69, 9.17) is 5.73 Å². The highest BCUT2D eigenvalue weighted by Gasteiger charge is 2.18. The van der Waals surface area contributed by atoms with Gasteiger partial charge in [-0.25, -0.2) is 9.98 Å². The molecule has 1 aromatic rings. The molecule has 0 atom stereocenters. The van der Waals surface area contributed by atoms with Gasteiger partial charge in [-0.3, -0.25) is 0 Å². The van der Waals surface area contributed by atoms with Crippen molar-refractivity contribution in [3.8, 4) is 0 Å². The highest BCUT2D eigenvalue weighted by Crippen LogP contribution is 2.25. The quantitative estimate of drug-likeness (QED) is 0.673. The molecule has 5 heteroatoms. The lowest BCUT2D eigenvalue weighted by atomic mass is 9.98. The Kier molecular flexibility index (Phi) is 5.02. The molecular weight excluding hydrogens is 268 g/mol. The predicted molar refractivity (Wildman–Crippen MR) is 86.2 cm³/mol. The smallest absolute Gasteiger partial charge is 0.191 e. The number of likely N-dealkylation sites (tertiary alicyclic amines) is 1. The molecule has 0 saturated carbocycles. The average Bonchev–Trinajstić information content (AvgIpc) is 2.70. The molecule has 0 radical (unpaired) electrons. The summed E-state index contributed by atoms with van der Waals surface area (Å²) in [6.45, 7) is 9.23. The third-order valence-electron chi connectivity index (χ3n) is 3.53. The number of nitrogens with two attached hydrogens (primary N) is 1. The first kappa shape index (κ1) is 15.3. The van der Waals surface area contributed by atoms with Crippen LogP contribution in [-0.4, -0.2) is 28.9 Å². The zero-order chi connectivity index (χ0) is 14.6. The summed E-state index contributed by atoms with van der Waals surface area (Å²) in [7, 11) is 0. The first-order chi connectivity index (χ1) is 9.47. The van der Waals surface area contributed by atoms with E-state index in [1.165, 1.54) is 25.7 Å². The molecule has 1 aromatic heterocycles. The van der Waals surface area contributed by atoms with Gasteiger partial charge in [0.2, 0.25) is 0 Å². The Morgan fingerprint density at radius 1 is 1.30 bits per heavy atom. The van der Waals surface area contributed by atoms with Gasteiger partial charge in [-0.05, 0) is 12.8 Å². The number of nitrogens with zero attached hydrogens (tertiary/aromatic N) is 3.